The Labute approximate surface area is 168 Å². The Balaban J connectivity index is 1.80. The maximum Gasteiger partial charge on any atom is 0.417 e. The van der Waals surface area contributed by atoms with Crippen molar-refractivity contribution in [1.29, 1.82) is 0 Å². The molecule has 0 aliphatic heterocycles. The third-order valence-corrected chi connectivity index (χ3v) is 5.09. The number of carbonyl (C=O) groups excluding carboxylic acids is 1. The van der Waals surface area contributed by atoms with E-state index >= 15 is 0 Å². The molecule has 152 valence electrons. The Kier molecular flexibility index (Phi) is 5.44. The molecule has 0 saturated carbocycles. The molecule has 3 N–H and O–H groups in total. The summed E-state index contributed by atoms with van der Waals surface area (Å²) in [6.45, 7) is 0. The van der Waals surface area contributed by atoms with Crippen LogP contribution in [0, 0.1) is 0 Å². The number of anilines is 1. The summed E-state index contributed by atoms with van der Waals surface area (Å²) >= 11 is 5.59. The number of nitrogens with two attached hydrogens (primary N) is 1. The highest BCUT2D eigenvalue weighted by Crippen LogP contribution is 2.37. The molecule has 0 saturated heterocycles. The lowest BCUT2D eigenvalue weighted by Crippen LogP contribution is -2.13. The molecule has 0 aliphatic carbocycles. The minimum atomic E-state index is -4.64. The number of halogens is 4. The summed E-state index contributed by atoms with van der Waals surface area (Å²) in [5, 5.41) is 7.02. The molecule has 1 amide bonds. The van der Waals surface area contributed by atoms with Gasteiger partial charge in [0.05, 0.1) is 15.5 Å². The second kappa shape index (κ2) is 7.54. The number of furan rings is 1. The molecule has 6 nitrogen and oxygen atoms in total. The van der Waals surface area contributed by atoms with E-state index < -0.39 is 32.7 Å². The van der Waals surface area contributed by atoms with Crippen LogP contribution in [0.5, 0.6) is 0 Å². The van der Waals surface area contributed by atoms with Crippen LogP contribution in [0.15, 0.2) is 63.9 Å². The molecule has 2 aromatic carbocycles. The van der Waals surface area contributed by atoms with Crippen molar-refractivity contribution in [3.05, 3.63) is 70.9 Å². The number of benzene rings is 2. The number of carbonyl (C=O) groups is 1. The molecular formula is C18H12ClF3N2O4S. The maximum absolute atomic E-state index is 13.0. The number of primary sulfonamides is 1. The molecule has 3 aromatic rings. The lowest BCUT2D eigenvalue weighted by Gasteiger charge is -2.10. The van der Waals surface area contributed by atoms with Crippen LogP contribution in [0.25, 0.3) is 11.3 Å². The Hall–Kier alpha value is -2.82. The number of hydrogen-bond donors (Lipinski definition) is 2. The van der Waals surface area contributed by atoms with Gasteiger partial charge in [-0.25, -0.2) is 13.6 Å². The average Bonchev–Trinajstić information content (AvgIpc) is 3.11. The highest BCUT2D eigenvalue weighted by atomic mass is 35.5. The van der Waals surface area contributed by atoms with Crippen molar-refractivity contribution in [2.24, 2.45) is 5.14 Å². The zero-order chi connectivity index (χ0) is 21.4. The normalized spacial score (nSPS) is 12.0. The van der Waals surface area contributed by atoms with Gasteiger partial charge in [-0.15, -0.1) is 0 Å². The van der Waals surface area contributed by atoms with Gasteiger partial charge in [-0.1, -0.05) is 11.6 Å². The van der Waals surface area contributed by atoms with Crippen molar-refractivity contribution in [3.63, 3.8) is 0 Å². The van der Waals surface area contributed by atoms with Gasteiger partial charge in [0.1, 0.15) is 5.76 Å². The molecule has 0 aliphatic rings. The average molecular weight is 445 g/mol. The molecule has 29 heavy (non-hydrogen) atoms. The van der Waals surface area contributed by atoms with E-state index in [-0.39, 0.29) is 27.7 Å². The predicted molar refractivity (Wildman–Crippen MR) is 99.9 cm³/mol. The fourth-order valence-electron chi connectivity index (χ4n) is 2.43. The van der Waals surface area contributed by atoms with Crippen molar-refractivity contribution in [3.8, 4) is 11.3 Å². The van der Waals surface area contributed by atoms with Gasteiger partial charge in [0.25, 0.3) is 5.91 Å². The largest absolute Gasteiger partial charge is 0.451 e. The summed E-state index contributed by atoms with van der Waals surface area (Å²) < 4.78 is 66.8. The van der Waals surface area contributed by atoms with Gasteiger partial charge in [-0.3, -0.25) is 4.79 Å². The SMILES string of the molecule is NS(=O)(=O)c1ccc(NC(=O)c2ccc(-c3ccc(Cl)c(C(F)(F)F)c3)o2)cc1. The van der Waals surface area contributed by atoms with E-state index in [1.165, 1.54) is 42.5 Å². The Morgan fingerprint density at radius 3 is 2.28 bits per heavy atom. The molecule has 1 heterocycles. The third kappa shape index (κ3) is 4.78. The molecule has 0 unspecified atom stereocenters. The van der Waals surface area contributed by atoms with E-state index in [0.29, 0.717) is 0 Å². The van der Waals surface area contributed by atoms with E-state index in [2.05, 4.69) is 5.32 Å². The zero-order valence-electron chi connectivity index (χ0n) is 14.3. The second-order valence-corrected chi connectivity index (χ2v) is 7.85. The predicted octanol–water partition coefficient (Wildman–Crippen LogP) is 4.52. The van der Waals surface area contributed by atoms with Crippen molar-refractivity contribution in [2.75, 3.05) is 5.32 Å². The number of rotatable bonds is 4. The Morgan fingerprint density at radius 1 is 1.03 bits per heavy atom. The first-order valence-electron chi connectivity index (χ1n) is 7.86. The van der Waals surface area contributed by atoms with E-state index in [0.717, 1.165) is 12.1 Å². The quantitative estimate of drug-likeness (QED) is 0.617. The number of amides is 1. The first-order valence-corrected chi connectivity index (χ1v) is 9.79. The lowest BCUT2D eigenvalue weighted by molar-refractivity contribution is -0.137. The molecule has 0 bridgehead atoms. The smallest absolute Gasteiger partial charge is 0.417 e. The van der Waals surface area contributed by atoms with E-state index in [4.69, 9.17) is 21.2 Å². The number of nitrogens with one attached hydrogen (secondary N) is 1. The summed E-state index contributed by atoms with van der Waals surface area (Å²) in [5.74, 6) is -0.787. The van der Waals surface area contributed by atoms with Crippen molar-refractivity contribution >= 4 is 33.2 Å². The van der Waals surface area contributed by atoms with Crippen LogP contribution in [0.2, 0.25) is 5.02 Å². The maximum atomic E-state index is 13.0. The first-order chi connectivity index (χ1) is 13.4. The molecule has 3 rings (SSSR count). The Bertz CT molecular complexity index is 1170. The molecule has 0 radical (unpaired) electrons. The van der Waals surface area contributed by atoms with Gasteiger partial charge < -0.3 is 9.73 Å². The van der Waals surface area contributed by atoms with Crippen LogP contribution in [0.4, 0.5) is 18.9 Å². The summed E-state index contributed by atoms with van der Waals surface area (Å²) in [7, 11) is -3.87. The van der Waals surface area contributed by atoms with Gasteiger partial charge in [0.15, 0.2) is 5.76 Å². The van der Waals surface area contributed by atoms with Crippen LogP contribution in [-0.2, 0) is 16.2 Å². The number of sulfonamides is 1. The number of hydrogen-bond acceptors (Lipinski definition) is 4. The van der Waals surface area contributed by atoms with Crippen LogP contribution in [-0.4, -0.2) is 14.3 Å². The van der Waals surface area contributed by atoms with Gasteiger partial charge in [0, 0.05) is 11.3 Å². The third-order valence-electron chi connectivity index (χ3n) is 3.83. The molecule has 0 spiro atoms. The van der Waals surface area contributed by atoms with Crippen LogP contribution < -0.4 is 10.5 Å². The van der Waals surface area contributed by atoms with Gasteiger partial charge in [-0.05, 0) is 54.6 Å². The zero-order valence-corrected chi connectivity index (χ0v) is 15.9. The summed E-state index contributed by atoms with van der Waals surface area (Å²) in [5.41, 5.74) is -0.654. The molecular weight excluding hydrogens is 433 g/mol. The summed E-state index contributed by atoms with van der Waals surface area (Å²) in [6.07, 6.45) is -4.64. The lowest BCUT2D eigenvalue weighted by atomic mass is 10.1. The monoisotopic (exact) mass is 444 g/mol. The summed E-state index contributed by atoms with van der Waals surface area (Å²) in [4.78, 5) is 12.1. The summed E-state index contributed by atoms with van der Waals surface area (Å²) in [6, 6.07) is 11.0. The van der Waals surface area contributed by atoms with Gasteiger partial charge in [-0.2, -0.15) is 13.2 Å². The highest BCUT2D eigenvalue weighted by Gasteiger charge is 2.33. The highest BCUT2D eigenvalue weighted by molar-refractivity contribution is 7.89. The molecule has 0 atom stereocenters. The fourth-order valence-corrected chi connectivity index (χ4v) is 3.17. The van der Waals surface area contributed by atoms with Crippen molar-refractivity contribution < 1.29 is 30.8 Å². The standard InChI is InChI=1S/C18H12ClF3N2O4S/c19-14-6-1-10(9-13(14)18(20,21)22)15-7-8-16(28-15)17(25)24-11-2-4-12(5-3-11)29(23,26)27/h1-9H,(H,24,25)(H2,23,26,27). The van der Waals surface area contributed by atoms with E-state index in [1.54, 1.807) is 0 Å². The minimum absolute atomic E-state index is 0.0434. The van der Waals surface area contributed by atoms with Crippen LogP contribution >= 0.6 is 11.6 Å². The molecule has 0 fully saturated rings. The van der Waals surface area contributed by atoms with Crippen LogP contribution in [0.1, 0.15) is 16.1 Å². The van der Waals surface area contributed by atoms with Gasteiger partial charge >= 0.3 is 6.18 Å². The topological polar surface area (TPSA) is 102 Å². The minimum Gasteiger partial charge on any atom is -0.451 e. The van der Waals surface area contributed by atoms with Crippen LogP contribution in [0.3, 0.4) is 0 Å². The molecule has 1 aromatic heterocycles. The first kappa shape index (κ1) is 20.9. The van der Waals surface area contributed by atoms with E-state index in [1.807, 2.05) is 0 Å². The van der Waals surface area contributed by atoms with Crippen molar-refractivity contribution in [1.82, 2.24) is 0 Å². The molecule has 11 heteroatoms. The van der Waals surface area contributed by atoms with Crippen molar-refractivity contribution in [2.45, 2.75) is 11.1 Å². The number of alkyl halides is 3. The van der Waals surface area contributed by atoms with Gasteiger partial charge in [0.2, 0.25) is 10.0 Å². The fraction of sp³-hybridized carbons (Fsp3) is 0.0556. The Morgan fingerprint density at radius 2 is 1.69 bits per heavy atom. The second-order valence-electron chi connectivity index (χ2n) is 5.88. The van der Waals surface area contributed by atoms with E-state index in [9.17, 15) is 26.4 Å².